The van der Waals surface area contributed by atoms with Crippen LogP contribution in [-0.4, -0.2) is 42.3 Å². The molecule has 0 unspecified atom stereocenters. The highest BCUT2D eigenvalue weighted by Crippen LogP contribution is 2.15. The number of halogens is 2. The summed E-state index contributed by atoms with van der Waals surface area (Å²) in [5.41, 5.74) is -0.471. The van der Waals surface area contributed by atoms with Gasteiger partial charge in [-0.25, -0.2) is 8.78 Å². The first-order valence-electron chi connectivity index (χ1n) is 6.94. The fraction of sp³-hybridized carbons (Fsp3) is 0.467. The summed E-state index contributed by atoms with van der Waals surface area (Å²) >= 11 is 0. The van der Waals surface area contributed by atoms with Crippen molar-refractivity contribution in [1.29, 1.82) is 0 Å². The lowest BCUT2D eigenvalue weighted by Crippen LogP contribution is -2.45. The van der Waals surface area contributed by atoms with E-state index in [1.807, 2.05) is 4.90 Å². The number of piperidine rings is 1. The molecule has 1 amide bonds. The van der Waals surface area contributed by atoms with Crippen molar-refractivity contribution >= 4 is 11.7 Å². The van der Waals surface area contributed by atoms with E-state index in [2.05, 4.69) is 5.32 Å². The van der Waals surface area contributed by atoms with E-state index in [4.69, 9.17) is 0 Å². The second-order valence-corrected chi connectivity index (χ2v) is 5.27. The standard InChI is InChI=1S/C15H18F2N2O2/c1-10(20)18-11-5-7-19(8-6-11)9-14(21)15-12(16)3-2-4-13(15)17/h2-4,11H,5-9H2,1H3,(H,18,20). The zero-order chi connectivity index (χ0) is 15.4. The number of amides is 1. The van der Waals surface area contributed by atoms with Crippen LogP contribution in [-0.2, 0) is 4.79 Å². The van der Waals surface area contributed by atoms with Crippen LogP contribution in [0.2, 0.25) is 0 Å². The van der Waals surface area contributed by atoms with Gasteiger partial charge in [0.15, 0.2) is 5.78 Å². The van der Waals surface area contributed by atoms with Gasteiger partial charge in [-0.15, -0.1) is 0 Å². The maximum Gasteiger partial charge on any atom is 0.217 e. The van der Waals surface area contributed by atoms with Crippen LogP contribution >= 0.6 is 0 Å². The molecule has 1 heterocycles. The number of carbonyl (C=O) groups excluding carboxylic acids is 2. The van der Waals surface area contributed by atoms with Crippen LogP contribution in [0.15, 0.2) is 18.2 Å². The molecular weight excluding hydrogens is 278 g/mol. The zero-order valence-corrected chi connectivity index (χ0v) is 11.9. The van der Waals surface area contributed by atoms with E-state index in [1.54, 1.807) is 0 Å². The predicted octanol–water partition coefficient (Wildman–Crippen LogP) is 1.75. The minimum absolute atomic E-state index is 0.00928. The molecule has 1 aliphatic heterocycles. The molecule has 0 atom stereocenters. The molecule has 1 fully saturated rings. The molecular formula is C15H18F2N2O2. The highest BCUT2D eigenvalue weighted by atomic mass is 19.1. The number of nitrogens with zero attached hydrogens (tertiary/aromatic N) is 1. The normalized spacial score (nSPS) is 16.7. The van der Waals surface area contributed by atoms with Crippen LogP contribution in [0.4, 0.5) is 8.78 Å². The molecule has 0 aromatic heterocycles. The summed E-state index contributed by atoms with van der Waals surface area (Å²) in [6.45, 7) is 2.70. The van der Waals surface area contributed by atoms with Crippen molar-refractivity contribution in [3.05, 3.63) is 35.4 Å². The summed E-state index contributed by atoms with van der Waals surface area (Å²) in [5, 5.41) is 2.83. The van der Waals surface area contributed by atoms with Gasteiger partial charge in [0.25, 0.3) is 0 Å². The molecule has 0 radical (unpaired) electrons. The Bertz CT molecular complexity index is 520. The lowest BCUT2D eigenvalue weighted by atomic mass is 10.0. The number of likely N-dealkylation sites (tertiary alicyclic amines) is 1. The zero-order valence-electron chi connectivity index (χ0n) is 11.9. The fourth-order valence-electron chi connectivity index (χ4n) is 2.57. The second kappa shape index (κ2) is 6.76. The van der Waals surface area contributed by atoms with Crippen molar-refractivity contribution in [2.75, 3.05) is 19.6 Å². The van der Waals surface area contributed by atoms with E-state index >= 15 is 0 Å². The van der Waals surface area contributed by atoms with Crippen molar-refractivity contribution in [1.82, 2.24) is 10.2 Å². The minimum atomic E-state index is -0.826. The monoisotopic (exact) mass is 296 g/mol. The molecule has 4 nitrogen and oxygen atoms in total. The quantitative estimate of drug-likeness (QED) is 0.861. The lowest BCUT2D eigenvalue weighted by molar-refractivity contribution is -0.119. The predicted molar refractivity (Wildman–Crippen MR) is 74.0 cm³/mol. The van der Waals surface area contributed by atoms with Crippen molar-refractivity contribution in [3.63, 3.8) is 0 Å². The van der Waals surface area contributed by atoms with Gasteiger partial charge in [-0.1, -0.05) is 6.07 Å². The highest BCUT2D eigenvalue weighted by Gasteiger charge is 2.24. The summed E-state index contributed by atoms with van der Waals surface area (Å²) in [6.07, 6.45) is 1.46. The smallest absolute Gasteiger partial charge is 0.217 e. The number of nitrogens with one attached hydrogen (secondary N) is 1. The lowest BCUT2D eigenvalue weighted by Gasteiger charge is -2.31. The van der Waals surface area contributed by atoms with E-state index in [0.29, 0.717) is 13.1 Å². The maximum atomic E-state index is 13.5. The number of ketones is 1. The third-order valence-electron chi connectivity index (χ3n) is 3.60. The van der Waals surface area contributed by atoms with Crippen molar-refractivity contribution in [3.8, 4) is 0 Å². The van der Waals surface area contributed by atoms with E-state index in [0.717, 1.165) is 25.0 Å². The number of carbonyl (C=O) groups is 2. The molecule has 0 aliphatic carbocycles. The Labute approximate surface area is 122 Å². The highest BCUT2D eigenvalue weighted by molar-refractivity contribution is 5.98. The number of Topliss-reactive ketones (excluding diaryl/α,β-unsaturated/α-hetero) is 1. The maximum absolute atomic E-state index is 13.5. The average molecular weight is 296 g/mol. The molecule has 1 aromatic carbocycles. The van der Waals surface area contributed by atoms with Crippen LogP contribution in [0.3, 0.4) is 0 Å². The molecule has 1 aromatic rings. The van der Waals surface area contributed by atoms with E-state index in [9.17, 15) is 18.4 Å². The third kappa shape index (κ3) is 4.07. The summed E-state index contributed by atoms with van der Waals surface area (Å²) < 4.78 is 27.1. The number of hydrogen-bond donors (Lipinski definition) is 1. The first-order valence-corrected chi connectivity index (χ1v) is 6.94. The second-order valence-electron chi connectivity index (χ2n) is 5.27. The van der Waals surface area contributed by atoms with Gasteiger partial charge in [-0.3, -0.25) is 14.5 Å². The summed E-state index contributed by atoms with van der Waals surface area (Å²) in [7, 11) is 0. The molecule has 1 aliphatic rings. The van der Waals surface area contributed by atoms with Gasteiger partial charge in [-0.05, 0) is 25.0 Å². The van der Waals surface area contributed by atoms with Crippen molar-refractivity contribution < 1.29 is 18.4 Å². The largest absolute Gasteiger partial charge is 0.354 e. The SMILES string of the molecule is CC(=O)NC1CCN(CC(=O)c2c(F)cccc2F)CC1. The Kier molecular flexibility index (Phi) is 5.01. The van der Waals surface area contributed by atoms with E-state index in [1.165, 1.54) is 13.0 Å². The molecule has 1 saturated heterocycles. The van der Waals surface area contributed by atoms with Crippen LogP contribution in [0.25, 0.3) is 0 Å². The van der Waals surface area contributed by atoms with Crippen LogP contribution in [0.1, 0.15) is 30.1 Å². The van der Waals surface area contributed by atoms with E-state index < -0.39 is 23.0 Å². The van der Waals surface area contributed by atoms with Gasteiger partial charge in [0, 0.05) is 26.1 Å². The van der Waals surface area contributed by atoms with Gasteiger partial charge in [-0.2, -0.15) is 0 Å². The van der Waals surface area contributed by atoms with Crippen molar-refractivity contribution in [2.45, 2.75) is 25.8 Å². The van der Waals surface area contributed by atoms with Crippen LogP contribution in [0, 0.1) is 11.6 Å². The van der Waals surface area contributed by atoms with Gasteiger partial charge >= 0.3 is 0 Å². The molecule has 0 spiro atoms. The molecule has 2 rings (SSSR count). The van der Waals surface area contributed by atoms with Gasteiger partial charge in [0.1, 0.15) is 11.6 Å². The Balaban J connectivity index is 1.92. The molecule has 0 saturated carbocycles. The average Bonchev–Trinajstić information content (AvgIpc) is 2.40. The number of benzene rings is 1. The fourth-order valence-corrected chi connectivity index (χ4v) is 2.57. The van der Waals surface area contributed by atoms with Gasteiger partial charge < -0.3 is 5.32 Å². The Morgan fingerprint density at radius 2 is 1.81 bits per heavy atom. The van der Waals surface area contributed by atoms with Crippen LogP contribution in [0.5, 0.6) is 0 Å². The first kappa shape index (κ1) is 15.6. The Morgan fingerprint density at radius 3 is 2.33 bits per heavy atom. The summed E-state index contributed by atoms with van der Waals surface area (Å²) in [4.78, 5) is 24.8. The molecule has 114 valence electrons. The Morgan fingerprint density at radius 1 is 1.24 bits per heavy atom. The number of rotatable bonds is 4. The van der Waals surface area contributed by atoms with Gasteiger partial charge in [0.05, 0.1) is 12.1 Å². The Hall–Kier alpha value is -1.82. The van der Waals surface area contributed by atoms with Crippen LogP contribution < -0.4 is 5.32 Å². The van der Waals surface area contributed by atoms with Gasteiger partial charge in [0.2, 0.25) is 5.91 Å². The minimum Gasteiger partial charge on any atom is -0.354 e. The third-order valence-corrected chi connectivity index (χ3v) is 3.60. The topological polar surface area (TPSA) is 49.4 Å². The van der Waals surface area contributed by atoms with E-state index in [-0.39, 0.29) is 18.5 Å². The number of hydrogen-bond acceptors (Lipinski definition) is 3. The molecule has 1 N–H and O–H groups in total. The molecule has 0 bridgehead atoms. The van der Waals surface area contributed by atoms with Crippen molar-refractivity contribution in [2.24, 2.45) is 0 Å². The summed E-state index contributed by atoms with van der Waals surface area (Å²) in [6, 6.07) is 3.51. The molecule has 21 heavy (non-hydrogen) atoms. The summed E-state index contributed by atoms with van der Waals surface area (Å²) in [5.74, 6) is -2.28. The first-order chi connectivity index (χ1) is 9.97. The molecule has 6 heteroatoms.